The molecule has 102 valence electrons. The predicted octanol–water partition coefficient (Wildman–Crippen LogP) is 1.60. The second kappa shape index (κ2) is 6.38. The van der Waals surface area contributed by atoms with Gasteiger partial charge in [0.15, 0.2) is 0 Å². The van der Waals surface area contributed by atoms with Crippen molar-refractivity contribution in [1.29, 1.82) is 0 Å². The minimum Gasteiger partial charge on any atom is -0.316 e. The third-order valence-corrected chi connectivity index (χ3v) is 7.20. The minimum absolute atomic E-state index is 0.472. The average Bonchev–Trinajstić information content (AvgIpc) is 2.65. The van der Waals surface area contributed by atoms with Gasteiger partial charge in [0.05, 0.1) is 0 Å². The maximum Gasteiger partial charge on any atom is 0.252 e. The van der Waals surface area contributed by atoms with Crippen molar-refractivity contribution in [1.82, 2.24) is 9.62 Å². The molecule has 0 bridgehead atoms. The first-order chi connectivity index (χ1) is 8.64. The monoisotopic (exact) mass is 306 g/mol. The van der Waals surface area contributed by atoms with Gasteiger partial charge in [-0.1, -0.05) is 0 Å². The Bertz CT molecular complexity index is 476. The maximum absolute atomic E-state index is 12.5. The van der Waals surface area contributed by atoms with E-state index in [1.165, 1.54) is 11.3 Å². The molecule has 1 aromatic heterocycles. The second-order valence-corrected chi connectivity index (χ2v) is 8.48. The number of nitrogens with zero attached hydrogens (tertiary/aromatic N) is 1. The number of hydrogen-bond donors (Lipinski definition) is 1. The van der Waals surface area contributed by atoms with E-state index in [1.54, 1.807) is 10.4 Å². The molecule has 2 heterocycles. The summed E-state index contributed by atoms with van der Waals surface area (Å²) in [5, 5.41) is 4.95. The van der Waals surface area contributed by atoms with Crippen LogP contribution in [0.25, 0.3) is 0 Å². The van der Waals surface area contributed by atoms with Crippen LogP contribution in [0.2, 0.25) is 0 Å². The molecule has 1 aromatic rings. The Morgan fingerprint density at radius 3 is 3.00 bits per heavy atom. The van der Waals surface area contributed by atoms with Gasteiger partial charge in [0.1, 0.15) is 4.21 Å². The Morgan fingerprint density at radius 1 is 1.39 bits per heavy atom. The number of rotatable bonds is 4. The lowest BCUT2D eigenvalue weighted by molar-refractivity contribution is 0.436. The van der Waals surface area contributed by atoms with Crippen LogP contribution in [-0.4, -0.2) is 44.4 Å². The molecule has 1 aliphatic rings. The molecule has 0 saturated carbocycles. The van der Waals surface area contributed by atoms with E-state index in [9.17, 15) is 8.42 Å². The van der Waals surface area contributed by atoms with Crippen LogP contribution in [0.5, 0.6) is 0 Å². The van der Waals surface area contributed by atoms with Gasteiger partial charge in [-0.2, -0.15) is 16.1 Å². The quantitative estimate of drug-likeness (QED) is 0.918. The van der Waals surface area contributed by atoms with E-state index in [-0.39, 0.29) is 0 Å². The highest BCUT2D eigenvalue weighted by atomic mass is 32.2. The molecule has 4 nitrogen and oxygen atoms in total. The topological polar surface area (TPSA) is 49.4 Å². The van der Waals surface area contributed by atoms with Crippen molar-refractivity contribution in [2.75, 3.05) is 31.6 Å². The summed E-state index contributed by atoms with van der Waals surface area (Å²) in [4.78, 5) is 0. The highest BCUT2D eigenvalue weighted by Gasteiger charge is 2.26. The van der Waals surface area contributed by atoms with E-state index in [0.29, 0.717) is 23.8 Å². The van der Waals surface area contributed by atoms with Crippen LogP contribution >= 0.6 is 23.1 Å². The van der Waals surface area contributed by atoms with Crippen LogP contribution in [-0.2, 0) is 16.6 Å². The third-order valence-electron chi connectivity index (χ3n) is 2.79. The van der Waals surface area contributed by atoms with Crippen LogP contribution < -0.4 is 5.32 Å². The van der Waals surface area contributed by atoms with Crippen molar-refractivity contribution in [2.45, 2.75) is 17.2 Å². The second-order valence-electron chi connectivity index (χ2n) is 4.17. The molecule has 2 rings (SSSR count). The van der Waals surface area contributed by atoms with Gasteiger partial charge in [-0.25, -0.2) is 8.42 Å². The van der Waals surface area contributed by atoms with Crippen LogP contribution in [0, 0.1) is 0 Å². The molecule has 1 aliphatic heterocycles. The fourth-order valence-corrected chi connectivity index (χ4v) is 5.72. The highest BCUT2D eigenvalue weighted by Crippen LogP contribution is 2.25. The number of hydrogen-bond acceptors (Lipinski definition) is 5. The van der Waals surface area contributed by atoms with Crippen LogP contribution in [0.15, 0.2) is 15.7 Å². The summed E-state index contributed by atoms with van der Waals surface area (Å²) in [5.41, 5.74) is 1.03. The average molecular weight is 306 g/mol. The molecule has 7 heteroatoms. The summed E-state index contributed by atoms with van der Waals surface area (Å²) in [6, 6.07) is 1.79. The Hall–Kier alpha value is -0.0800. The SMILES string of the molecule is CNCc1csc(S(=O)(=O)N2CCCSCC2)c1. The number of thiophene rings is 1. The van der Waals surface area contributed by atoms with Crippen LogP contribution in [0.4, 0.5) is 0 Å². The molecule has 0 aromatic carbocycles. The molecule has 18 heavy (non-hydrogen) atoms. The minimum atomic E-state index is -3.27. The molecule has 1 saturated heterocycles. The molecule has 0 atom stereocenters. The van der Waals surface area contributed by atoms with Crippen molar-refractivity contribution in [2.24, 2.45) is 0 Å². The van der Waals surface area contributed by atoms with Gasteiger partial charge in [0.2, 0.25) is 0 Å². The summed E-state index contributed by atoms with van der Waals surface area (Å²) in [6.07, 6.45) is 0.943. The molecule has 0 spiro atoms. The largest absolute Gasteiger partial charge is 0.316 e. The Kier molecular flexibility index (Phi) is 5.08. The van der Waals surface area contributed by atoms with Crippen molar-refractivity contribution in [3.8, 4) is 0 Å². The first kappa shape index (κ1) is 14.3. The van der Waals surface area contributed by atoms with E-state index in [2.05, 4.69) is 5.32 Å². The predicted molar refractivity (Wildman–Crippen MR) is 77.8 cm³/mol. The standard InChI is InChI=1S/C11H18N2O2S3/c1-12-8-10-7-11(17-9-10)18(14,15)13-3-2-5-16-6-4-13/h7,9,12H,2-6,8H2,1H3. The zero-order valence-corrected chi connectivity index (χ0v) is 12.8. The summed E-state index contributed by atoms with van der Waals surface area (Å²) >= 11 is 3.15. The van der Waals surface area contributed by atoms with E-state index < -0.39 is 10.0 Å². The fraction of sp³-hybridized carbons (Fsp3) is 0.636. The lowest BCUT2D eigenvalue weighted by Gasteiger charge is -2.18. The number of sulfonamides is 1. The smallest absolute Gasteiger partial charge is 0.252 e. The normalized spacial score (nSPS) is 18.7. The summed E-state index contributed by atoms with van der Waals surface area (Å²) in [5.74, 6) is 1.95. The fourth-order valence-electron chi connectivity index (χ4n) is 1.88. The first-order valence-corrected chi connectivity index (χ1v) is 9.42. The van der Waals surface area contributed by atoms with Gasteiger partial charge in [0, 0.05) is 25.4 Å². The zero-order valence-electron chi connectivity index (χ0n) is 10.4. The molecule has 1 fully saturated rings. The van der Waals surface area contributed by atoms with Gasteiger partial charge in [-0.05, 0) is 36.2 Å². The lowest BCUT2D eigenvalue weighted by atomic mass is 10.3. The first-order valence-electron chi connectivity index (χ1n) is 5.94. The highest BCUT2D eigenvalue weighted by molar-refractivity contribution is 7.99. The van der Waals surface area contributed by atoms with Gasteiger partial charge in [-0.15, -0.1) is 11.3 Å². The molecule has 1 N–H and O–H groups in total. The Labute approximate surface area is 117 Å². The molecule has 0 aliphatic carbocycles. The molecule has 0 unspecified atom stereocenters. The van der Waals surface area contributed by atoms with Crippen molar-refractivity contribution in [3.63, 3.8) is 0 Å². The molecule has 0 amide bonds. The van der Waals surface area contributed by atoms with Crippen molar-refractivity contribution < 1.29 is 8.42 Å². The van der Waals surface area contributed by atoms with Crippen molar-refractivity contribution in [3.05, 3.63) is 17.0 Å². The number of nitrogens with one attached hydrogen (secondary N) is 1. The maximum atomic E-state index is 12.5. The van der Waals surface area contributed by atoms with Gasteiger partial charge < -0.3 is 5.32 Å². The summed E-state index contributed by atoms with van der Waals surface area (Å²) in [6.45, 7) is 1.99. The summed E-state index contributed by atoms with van der Waals surface area (Å²) < 4.78 is 27.0. The van der Waals surface area contributed by atoms with Gasteiger partial charge >= 0.3 is 0 Å². The van der Waals surface area contributed by atoms with E-state index in [1.807, 2.05) is 24.2 Å². The molecular weight excluding hydrogens is 288 g/mol. The van der Waals surface area contributed by atoms with Crippen LogP contribution in [0.3, 0.4) is 0 Å². The summed E-state index contributed by atoms with van der Waals surface area (Å²) in [7, 11) is -1.41. The molecular formula is C11H18N2O2S3. The van der Waals surface area contributed by atoms with E-state index in [4.69, 9.17) is 0 Å². The lowest BCUT2D eigenvalue weighted by Crippen LogP contribution is -2.32. The molecule has 0 radical (unpaired) electrons. The third kappa shape index (κ3) is 3.27. The Balaban J connectivity index is 2.17. The van der Waals surface area contributed by atoms with Crippen LogP contribution in [0.1, 0.15) is 12.0 Å². The van der Waals surface area contributed by atoms with E-state index in [0.717, 1.165) is 23.5 Å². The Morgan fingerprint density at radius 2 is 2.22 bits per heavy atom. The zero-order chi connectivity index (χ0) is 13.0. The van der Waals surface area contributed by atoms with Gasteiger partial charge in [0.25, 0.3) is 10.0 Å². The van der Waals surface area contributed by atoms with Crippen molar-refractivity contribution >= 4 is 33.1 Å². The van der Waals surface area contributed by atoms with Gasteiger partial charge in [-0.3, -0.25) is 0 Å². The van der Waals surface area contributed by atoms with E-state index >= 15 is 0 Å². The number of thioether (sulfide) groups is 1.